The van der Waals surface area contributed by atoms with Crippen LogP contribution < -0.4 is 10.5 Å². The number of sulfonamides is 1. The second-order valence-corrected chi connectivity index (χ2v) is 8.72. The number of nitrogen functional groups attached to an aromatic ring is 1. The lowest BCUT2D eigenvalue weighted by atomic mass is 10.0. The second-order valence-electron chi connectivity index (χ2n) is 6.19. The molecule has 0 bridgehead atoms. The van der Waals surface area contributed by atoms with Crippen LogP contribution in [0, 0.1) is 10.8 Å². The number of hydrogen-bond donors (Lipinski definition) is 2. The minimum atomic E-state index is -3.54. The Bertz CT molecular complexity index is 610. The molecule has 106 valence electrons. The van der Waals surface area contributed by atoms with E-state index in [2.05, 4.69) is 48.3 Å². The monoisotopic (exact) mass is 346 g/mol. The molecule has 0 aliphatic heterocycles. The first-order chi connectivity index (χ1) is 8.50. The van der Waals surface area contributed by atoms with Gasteiger partial charge in [-0.25, -0.2) is 13.1 Å². The number of rotatable bonds is 3. The fraction of sp³-hybridized carbons (Fsp3) is 0.538. The molecule has 0 spiro atoms. The lowest BCUT2D eigenvalue weighted by Crippen LogP contribution is -2.30. The summed E-state index contributed by atoms with van der Waals surface area (Å²) in [5.41, 5.74) is 6.07. The van der Waals surface area contributed by atoms with Crippen LogP contribution in [-0.4, -0.2) is 14.5 Å². The third kappa shape index (κ3) is 2.30. The molecule has 1 fully saturated rings. The highest BCUT2D eigenvalue weighted by Crippen LogP contribution is 2.63. The second kappa shape index (κ2) is 4.20. The molecular weight excluding hydrogens is 328 g/mol. The molecule has 0 unspecified atom stereocenters. The van der Waals surface area contributed by atoms with Crippen LogP contribution in [0.2, 0.25) is 0 Å². The molecular formula is C13H19BrN2O2S. The first-order valence-electron chi connectivity index (χ1n) is 6.07. The molecule has 3 N–H and O–H groups in total. The van der Waals surface area contributed by atoms with E-state index in [-0.39, 0.29) is 21.8 Å². The first-order valence-corrected chi connectivity index (χ1v) is 8.35. The minimum Gasteiger partial charge on any atom is -0.399 e. The number of anilines is 1. The van der Waals surface area contributed by atoms with Crippen LogP contribution in [0.3, 0.4) is 0 Å². The lowest BCUT2D eigenvalue weighted by Gasteiger charge is -2.10. The third-order valence-corrected chi connectivity index (χ3v) is 6.94. The van der Waals surface area contributed by atoms with Crippen LogP contribution in [0.1, 0.15) is 27.7 Å². The van der Waals surface area contributed by atoms with Gasteiger partial charge in [0.25, 0.3) is 0 Å². The van der Waals surface area contributed by atoms with Crippen LogP contribution >= 0.6 is 15.9 Å². The molecule has 4 nitrogen and oxygen atoms in total. The van der Waals surface area contributed by atoms with Gasteiger partial charge in [0.1, 0.15) is 0 Å². The average Bonchev–Trinajstić information content (AvgIpc) is 2.59. The van der Waals surface area contributed by atoms with Gasteiger partial charge in [-0.05, 0) is 45.0 Å². The van der Waals surface area contributed by atoms with Crippen molar-refractivity contribution in [2.45, 2.75) is 38.6 Å². The van der Waals surface area contributed by atoms with Crippen molar-refractivity contribution in [3.8, 4) is 0 Å². The maximum absolute atomic E-state index is 12.4. The van der Waals surface area contributed by atoms with Crippen molar-refractivity contribution in [2.24, 2.45) is 10.8 Å². The van der Waals surface area contributed by atoms with E-state index in [9.17, 15) is 8.42 Å². The predicted molar refractivity (Wildman–Crippen MR) is 80.2 cm³/mol. The molecule has 1 saturated carbocycles. The van der Waals surface area contributed by atoms with Gasteiger partial charge in [-0.1, -0.05) is 27.7 Å². The highest BCUT2D eigenvalue weighted by atomic mass is 79.9. The first kappa shape index (κ1) is 14.8. The minimum absolute atomic E-state index is 0.0413. The predicted octanol–water partition coefficient (Wildman–Crippen LogP) is 2.74. The topological polar surface area (TPSA) is 72.2 Å². The molecule has 0 atom stereocenters. The standard InChI is InChI=1S/C13H19BrN2O2S/c1-12(2)11(13(12,3)4)16-19(17,18)10-6-5-8(15)7-9(10)14/h5-7,11,16H,15H2,1-4H3. The highest BCUT2D eigenvalue weighted by Gasteiger charge is 2.66. The van der Waals surface area contributed by atoms with Crippen LogP contribution in [0.5, 0.6) is 0 Å². The van der Waals surface area contributed by atoms with E-state index in [1.165, 1.54) is 6.07 Å². The Labute approximate surface area is 122 Å². The molecule has 0 radical (unpaired) electrons. The number of halogens is 1. The van der Waals surface area contributed by atoms with Crippen molar-refractivity contribution < 1.29 is 8.42 Å². The van der Waals surface area contributed by atoms with Crippen molar-refractivity contribution in [3.63, 3.8) is 0 Å². The van der Waals surface area contributed by atoms with E-state index in [1.807, 2.05) is 0 Å². The summed E-state index contributed by atoms with van der Waals surface area (Å²) in [7, 11) is -3.54. The van der Waals surface area contributed by atoms with Crippen molar-refractivity contribution >= 4 is 31.6 Å². The third-order valence-electron chi connectivity index (χ3n) is 4.54. The summed E-state index contributed by atoms with van der Waals surface area (Å²) in [6.45, 7) is 8.27. The largest absolute Gasteiger partial charge is 0.399 e. The Morgan fingerprint density at radius 1 is 1.21 bits per heavy atom. The molecule has 2 rings (SSSR count). The van der Waals surface area contributed by atoms with Gasteiger partial charge in [-0.2, -0.15) is 0 Å². The van der Waals surface area contributed by atoms with Gasteiger partial charge in [0.2, 0.25) is 10.0 Å². The molecule has 1 aliphatic rings. The van der Waals surface area contributed by atoms with Gasteiger partial charge >= 0.3 is 0 Å². The number of hydrogen-bond acceptors (Lipinski definition) is 3. The van der Waals surface area contributed by atoms with Gasteiger partial charge in [0.05, 0.1) is 4.90 Å². The summed E-state index contributed by atoms with van der Waals surface area (Å²) in [5, 5.41) is 0. The van der Waals surface area contributed by atoms with Gasteiger partial charge in [-0.15, -0.1) is 0 Å². The van der Waals surface area contributed by atoms with Crippen LogP contribution in [0.25, 0.3) is 0 Å². The summed E-state index contributed by atoms with van der Waals surface area (Å²) in [5.74, 6) is 0. The number of nitrogens with one attached hydrogen (secondary N) is 1. The van der Waals surface area contributed by atoms with Crippen LogP contribution in [-0.2, 0) is 10.0 Å². The van der Waals surface area contributed by atoms with Crippen molar-refractivity contribution in [3.05, 3.63) is 22.7 Å². The van der Waals surface area contributed by atoms with Crippen molar-refractivity contribution in [1.82, 2.24) is 4.72 Å². The van der Waals surface area contributed by atoms with E-state index in [1.54, 1.807) is 12.1 Å². The molecule has 0 saturated heterocycles. The normalized spacial score (nSPS) is 21.3. The Hall–Kier alpha value is -0.590. The van der Waals surface area contributed by atoms with Gasteiger partial charge < -0.3 is 5.73 Å². The molecule has 0 aromatic heterocycles. The SMILES string of the molecule is CC1(C)C(NS(=O)(=O)c2ccc(N)cc2Br)C1(C)C. The molecule has 1 aliphatic carbocycles. The van der Waals surface area contributed by atoms with E-state index in [4.69, 9.17) is 5.73 Å². The summed E-state index contributed by atoms with van der Waals surface area (Å²) >= 11 is 3.25. The molecule has 1 aromatic rings. The summed E-state index contributed by atoms with van der Waals surface area (Å²) < 4.78 is 28.1. The highest BCUT2D eigenvalue weighted by molar-refractivity contribution is 9.10. The maximum Gasteiger partial charge on any atom is 0.241 e. The lowest BCUT2D eigenvalue weighted by molar-refractivity contribution is 0.457. The van der Waals surface area contributed by atoms with Gasteiger partial charge in [0, 0.05) is 16.2 Å². The fourth-order valence-corrected chi connectivity index (χ4v) is 5.07. The molecule has 19 heavy (non-hydrogen) atoms. The Morgan fingerprint density at radius 3 is 2.16 bits per heavy atom. The van der Waals surface area contributed by atoms with Crippen LogP contribution in [0.4, 0.5) is 5.69 Å². The molecule has 6 heteroatoms. The van der Waals surface area contributed by atoms with E-state index >= 15 is 0 Å². The fourth-order valence-electron chi connectivity index (χ4n) is 2.44. The Balaban J connectivity index is 2.30. The summed E-state index contributed by atoms with van der Waals surface area (Å²) in [6.07, 6.45) is 0. The molecule has 0 heterocycles. The smallest absolute Gasteiger partial charge is 0.241 e. The average molecular weight is 347 g/mol. The van der Waals surface area contributed by atoms with Crippen molar-refractivity contribution in [1.29, 1.82) is 0 Å². The Morgan fingerprint density at radius 2 is 1.74 bits per heavy atom. The zero-order valence-corrected chi connectivity index (χ0v) is 13.9. The molecule has 0 amide bonds. The van der Waals surface area contributed by atoms with Crippen LogP contribution in [0.15, 0.2) is 27.6 Å². The maximum atomic E-state index is 12.4. The van der Waals surface area contributed by atoms with E-state index in [0.717, 1.165) is 0 Å². The van der Waals surface area contributed by atoms with E-state index in [0.29, 0.717) is 10.2 Å². The molecule has 1 aromatic carbocycles. The van der Waals surface area contributed by atoms with E-state index < -0.39 is 10.0 Å². The van der Waals surface area contributed by atoms with Gasteiger partial charge in [-0.3, -0.25) is 0 Å². The summed E-state index contributed by atoms with van der Waals surface area (Å²) in [6, 6.07) is 4.64. The zero-order valence-electron chi connectivity index (χ0n) is 11.5. The van der Waals surface area contributed by atoms with Crippen molar-refractivity contribution in [2.75, 3.05) is 5.73 Å². The van der Waals surface area contributed by atoms with Gasteiger partial charge in [0.15, 0.2) is 0 Å². The summed E-state index contributed by atoms with van der Waals surface area (Å²) in [4.78, 5) is 0.222. The number of nitrogens with two attached hydrogens (primary N) is 1. The Kier molecular flexibility index (Phi) is 3.27. The zero-order chi connectivity index (χ0) is 14.6. The quantitative estimate of drug-likeness (QED) is 0.826. The number of benzene rings is 1.